The van der Waals surface area contributed by atoms with Crippen LogP contribution in [0.4, 0.5) is 5.82 Å². The molecule has 104 valence electrons. The molecule has 0 amide bonds. The zero-order chi connectivity index (χ0) is 14.7. The zero-order valence-electron chi connectivity index (χ0n) is 10.7. The van der Waals surface area contributed by atoms with E-state index in [9.17, 15) is 4.79 Å². The van der Waals surface area contributed by atoms with E-state index in [0.717, 1.165) is 10.0 Å². The van der Waals surface area contributed by atoms with E-state index in [1.165, 1.54) is 12.3 Å². The fourth-order valence-electron chi connectivity index (χ4n) is 1.82. The van der Waals surface area contributed by atoms with Crippen molar-refractivity contribution in [3.63, 3.8) is 0 Å². The Morgan fingerprint density at radius 1 is 1.40 bits per heavy atom. The van der Waals surface area contributed by atoms with E-state index < -0.39 is 5.97 Å². The number of carboxylic acids is 1. The molecule has 6 heteroatoms. The summed E-state index contributed by atoms with van der Waals surface area (Å²) in [6, 6.07) is 9.20. The summed E-state index contributed by atoms with van der Waals surface area (Å²) in [6.07, 6.45) is 1.45. The highest BCUT2D eigenvalue weighted by Crippen LogP contribution is 2.28. The number of hydrogen-bond donors (Lipinski definition) is 1. The van der Waals surface area contributed by atoms with Gasteiger partial charge in [0.2, 0.25) is 0 Å². The molecule has 0 aliphatic rings. The van der Waals surface area contributed by atoms with Crippen LogP contribution in [0.15, 0.2) is 41.0 Å². The van der Waals surface area contributed by atoms with Gasteiger partial charge in [0.15, 0.2) is 0 Å². The van der Waals surface area contributed by atoms with Crippen molar-refractivity contribution in [2.75, 3.05) is 11.9 Å². The predicted molar refractivity (Wildman–Crippen MR) is 82.5 cm³/mol. The molecule has 0 bridgehead atoms. The van der Waals surface area contributed by atoms with Crippen LogP contribution in [0.25, 0.3) is 0 Å². The van der Waals surface area contributed by atoms with Crippen LogP contribution in [-0.2, 0) is 6.54 Å². The molecule has 2 aromatic rings. The molecule has 2 rings (SSSR count). The molecule has 0 spiro atoms. The van der Waals surface area contributed by atoms with Gasteiger partial charge >= 0.3 is 5.97 Å². The first-order chi connectivity index (χ1) is 9.50. The molecule has 0 aliphatic carbocycles. The molecule has 0 aliphatic heterocycles. The molecule has 0 saturated carbocycles. The Morgan fingerprint density at radius 3 is 2.75 bits per heavy atom. The molecule has 0 radical (unpaired) electrons. The smallest absolute Gasteiger partial charge is 0.337 e. The van der Waals surface area contributed by atoms with Gasteiger partial charge < -0.3 is 10.0 Å². The number of pyridine rings is 1. The van der Waals surface area contributed by atoms with Gasteiger partial charge in [-0.25, -0.2) is 9.78 Å². The number of anilines is 1. The summed E-state index contributed by atoms with van der Waals surface area (Å²) >= 11 is 9.59. The molecule has 0 fully saturated rings. The van der Waals surface area contributed by atoms with Gasteiger partial charge in [0.25, 0.3) is 0 Å². The average molecular weight is 356 g/mol. The minimum Gasteiger partial charge on any atom is -0.478 e. The number of nitrogens with zero attached hydrogens (tertiary/aromatic N) is 2. The maximum atomic E-state index is 11.1. The second-order valence-electron chi connectivity index (χ2n) is 4.25. The van der Waals surface area contributed by atoms with E-state index in [4.69, 9.17) is 16.7 Å². The maximum absolute atomic E-state index is 11.1. The Labute approximate surface area is 130 Å². The van der Waals surface area contributed by atoms with E-state index in [-0.39, 0.29) is 10.6 Å². The highest BCUT2D eigenvalue weighted by molar-refractivity contribution is 9.10. The minimum absolute atomic E-state index is 0.0515. The maximum Gasteiger partial charge on any atom is 0.337 e. The zero-order valence-corrected chi connectivity index (χ0v) is 13.0. The standard InChI is InChI=1S/C14H12BrClN2O2/c1-18(8-9-4-2-3-5-11(9)15)13-12(16)10(14(19)20)6-7-17-13/h2-7H,8H2,1H3,(H,19,20). The van der Waals surface area contributed by atoms with Crippen LogP contribution in [0.1, 0.15) is 15.9 Å². The van der Waals surface area contributed by atoms with Crippen molar-refractivity contribution in [1.29, 1.82) is 0 Å². The lowest BCUT2D eigenvalue weighted by atomic mass is 10.2. The van der Waals surface area contributed by atoms with Crippen molar-refractivity contribution in [2.45, 2.75) is 6.54 Å². The van der Waals surface area contributed by atoms with Crippen LogP contribution in [0.5, 0.6) is 0 Å². The van der Waals surface area contributed by atoms with Crippen molar-refractivity contribution in [3.8, 4) is 0 Å². The first-order valence-corrected chi connectivity index (χ1v) is 7.00. The van der Waals surface area contributed by atoms with Gasteiger partial charge in [-0.2, -0.15) is 0 Å². The van der Waals surface area contributed by atoms with Crippen molar-refractivity contribution in [1.82, 2.24) is 4.98 Å². The fourth-order valence-corrected chi connectivity index (χ4v) is 2.57. The molecule has 1 heterocycles. The highest BCUT2D eigenvalue weighted by atomic mass is 79.9. The van der Waals surface area contributed by atoms with E-state index in [1.807, 2.05) is 36.2 Å². The number of carboxylic acid groups (broad SMARTS) is 1. The van der Waals surface area contributed by atoms with Gasteiger partial charge in [-0.3, -0.25) is 0 Å². The molecule has 4 nitrogen and oxygen atoms in total. The van der Waals surface area contributed by atoms with E-state index >= 15 is 0 Å². The normalized spacial score (nSPS) is 10.3. The molecular formula is C14H12BrClN2O2. The number of halogens is 2. The predicted octanol–water partition coefficient (Wildman–Crippen LogP) is 3.83. The van der Waals surface area contributed by atoms with E-state index in [0.29, 0.717) is 12.4 Å². The summed E-state index contributed by atoms with van der Waals surface area (Å²) in [5.41, 5.74) is 1.12. The largest absolute Gasteiger partial charge is 0.478 e. The Kier molecular flexibility index (Phi) is 4.62. The average Bonchev–Trinajstić information content (AvgIpc) is 2.41. The molecule has 1 N–H and O–H groups in total. The van der Waals surface area contributed by atoms with Crippen LogP contribution in [0.3, 0.4) is 0 Å². The molecule has 0 saturated heterocycles. The summed E-state index contributed by atoms with van der Waals surface area (Å²) in [7, 11) is 1.82. The molecular weight excluding hydrogens is 344 g/mol. The third-order valence-corrected chi connectivity index (χ3v) is 3.97. The molecule has 20 heavy (non-hydrogen) atoms. The number of carbonyl (C=O) groups is 1. The van der Waals surface area contributed by atoms with Crippen molar-refractivity contribution in [2.24, 2.45) is 0 Å². The van der Waals surface area contributed by atoms with Crippen LogP contribution in [-0.4, -0.2) is 23.1 Å². The van der Waals surface area contributed by atoms with Gasteiger partial charge in [0, 0.05) is 24.3 Å². The van der Waals surface area contributed by atoms with Crippen LogP contribution >= 0.6 is 27.5 Å². The quantitative estimate of drug-likeness (QED) is 0.905. The van der Waals surface area contributed by atoms with Gasteiger partial charge in [-0.05, 0) is 17.7 Å². The molecule has 0 unspecified atom stereocenters. The lowest BCUT2D eigenvalue weighted by molar-refractivity contribution is 0.0697. The first kappa shape index (κ1) is 14.8. The lowest BCUT2D eigenvalue weighted by Crippen LogP contribution is -2.19. The highest BCUT2D eigenvalue weighted by Gasteiger charge is 2.16. The number of hydrogen-bond acceptors (Lipinski definition) is 3. The van der Waals surface area contributed by atoms with Crippen LogP contribution in [0.2, 0.25) is 5.02 Å². The van der Waals surface area contributed by atoms with Crippen LogP contribution in [0, 0.1) is 0 Å². The van der Waals surface area contributed by atoms with Crippen molar-refractivity contribution in [3.05, 3.63) is 57.2 Å². The molecule has 1 aromatic heterocycles. The lowest BCUT2D eigenvalue weighted by Gasteiger charge is -2.20. The SMILES string of the molecule is CN(Cc1ccccc1Br)c1nccc(C(=O)O)c1Cl. The summed E-state index contributed by atoms with van der Waals surface area (Å²) in [4.78, 5) is 17.0. The van der Waals surface area contributed by atoms with Crippen LogP contribution < -0.4 is 4.90 Å². The van der Waals surface area contributed by atoms with Gasteiger partial charge in [-0.15, -0.1) is 0 Å². The number of aromatic carboxylic acids is 1. The number of rotatable bonds is 4. The second-order valence-corrected chi connectivity index (χ2v) is 5.48. The topological polar surface area (TPSA) is 53.4 Å². The van der Waals surface area contributed by atoms with E-state index in [2.05, 4.69) is 20.9 Å². The van der Waals surface area contributed by atoms with Gasteiger partial charge in [-0.1, -0.05) is 45.7 Å². The Bertz CT molecular complexity index is 649. The van der Waals surface area contributed by atoms with E-state index in [1.54, 1.807) is 0 Å². The summed E-state index contributed by atoms with van der Waals surface area (Å²) in [5.74, 6) is -0.615. The van der Waals surface area contributed by atoms with Crippen molar-refractivity contribution < 1.29 is 9.90 Å². The second kappa shape index (κ2) is 6.24. The number of benzene rings is 1. The summed E-state index contributed by atoms with van der Waals surface area (Å²) in [6.45, 7) is 0.567. The summed E-state index contributed by atoms with van der Waals surface area (Å²) in [5, 5.41) is 9.22. The third-order valence-electron chi connectivity index (χ3n) is 2.83. The Balaban J connectivity index is 2.30. The molecule has 1 aromatic carbocycles. The van der Waals surface area contributed by atoms with Crippen molar-refractivity contribution >= 4 is 39.3 Å². The molecule has 0 atom stereocenters. The Hall–Kier alpha value is -1.59. The minimum atomic E-state index is -1.06. The van der Waals surface area contributed by atoms with Gasteiger partial charge in [0.1, 0.15) is 5.82 Å². The fraction of sp³-hybridized carbons (Fsp3) is 0.143. The monoisotopic (exact) mass is 354 g/mol. The number of aromatic nitrogens is 1. The van der Waals surface area contributed by atoms with Gasteiger partial charge in [0.05, 0.1) is 10.6 Å². The summed E-state index contributed by atoms with van der Waals surface area (Å²) < 4.78 is 0.984. The Morgan fingerprint density at radius 2 is 2.10 bits per heavy atom. The first-order valence-electron chi connectivity index (χ1n) is 5.83. The third kappa shape index (κ3) is 3.11.